The monoisotopic (exact) mass is 236 g/mol. The third-order valence-electron chi connectivity index (χ3n) is 1.30. The molecule has 0 amide bonds. The number of hydrogen-bond acceptors (Lipinski definition) is 6. The number of carbonyl (C=O) groups excluding carboxylic acids is 1. The van der Waals surface area contributed by atoms with Crippen LogP contribution in [0.5, 0.6) is 0 Å². The molecule has 0 fully saturated rings. The molecule has 1 heterocycles. The van der Waals surface area contributed by atoms with Crippen molar-refractivity contribution in [1.29, 1.82) is 0 Å². The Morgan fingerprint density at radius 3 is 2.29 bits per heavy atom. The Kier molecular flexibility index (Phi) is 3.14. The van der Waals surface area contributed by atoms with E-state index in [1.807, 2.05) is 0 Å². The number of carbonyl (C=O) groups is 1. The predicted molar refractivity (Wildman–Crippen MR) is 46.4 cm³/mol. The van der Waals surface area contributed by atoms with E-state index in [0.29, 0.717) is 0 Å². The van der Waals surface area contributed by atoms with Crippen LogP contribution in [0, 0.1) is 0 Å². The highest BCUT2D eigenvalue weighted by Crippen LogP contribution is 2.06. The van der Waals surface area contributed by atoms with Gasteiger partial charge in [0.2, 0.25) is 0 Å². The number of aromatic nitrogens is 2. The number of hydrogen-bond donors (Lipinski definition) is 0. The van der Waals surface area contributed by atoms with Crippen LogP contribution in [-0.2, 0) is 14.3 Å². The Hall–Kier alpha value is -1.05. The highest BCUT2D eigenvalue weighted by molar-refractivity contribution is 7.86. The number of nitrogens with zero attached hydrogens (tertiary/aromatic N) is 2. The molecule has 0 aliphatic carbocycles. The van der Waals surface area contributed by atoms with Crippen molar-refractivity contribution < 1.29 is 17.4 Å². The second-order valence-electron chi connectivity index (χ2n) is 2.15. The fourth-order valence-electron chi connectivity index (χ4n) is 0.621. The molecule has 1 aromatic heterocycles. The molecule has 0 saturated carbocycles. The van der Waals surface area contributed by atoms with Gasteiger partial charge in [-0.1, -0.05) is 0 Å². The van der Waals surface area contributed by atoms with Gasteiger partial charge in [0.15, 0.2) is 0 Å². The Labute approximate surface area is 85.0 Å². The van der Waals surface area contributed by atoms with Crippen molar-refractivity contribution >= 4 is 27.0 Å². The highest BCUT2D eigenvalue weighted by Gasteiger charge is 2.17. The second kappa shape index (κ2) is 3.99. The zero-order chi connectivity index (χ0) is 10.8. The van der Waals surface area contributed by atoms with Gasteiger partial charge in [0.1, 0.15) is 0 Å². The van der Waals surface area contributed by atoms with Crippen molar-refractivity contribution in [1.82, 2.24) is 9.97 Å². The zero-order valence-corrected chi connectivity index (χ0v) is 8.54. The molecule has 0 aliphatic rings. The van der Waals surface area contributed by atoms with Crippen LogP contribution in [-0.4, -0.2) is 30.7 Å². The molecule has 0 aliphatic heterocycles. The molecule has 0 N–H and O–H groups in total. The molecule has 6 nitrogen and oxygen atoms in total. The molecule has 0 atom stereocenters. The number of halogens is 1. The minimum Gasteiger partial charge on any atom is -0.275 e. The molecule has 0 bridgehead atoms. The van der Waals surface area contributed by atoms with Gasteiger partial charge in [-0.15, -0.1) is 0 Å². The Balaban J connectivity index is 3.12. The van der Waals surface area contributed by atoms with E-state index in [9.17, 15) is 13.2 Å². The van der Waals surface area contributed by atoms with Gasteiger partial charge in [-0.05, 0) is 11.6 Å². The Morgan fingerprint density at radius 2 is 1.93 bits per heavy atom. The van der Waals surface area contributed by atoms with Crippen LogP contribution in [0.3, 0.4) is 0 Å². The number of rotatable bonds is 3. The summed E-state index contributed by atoms with van der Waals surface area (Å²) >= 11 is 5.10. The first-order valence-corrected chi connectivity index (χ1v) is 5.08. The van der Waals surface area contributed by atoms with E-state index in [1.165, 1.54) is 0 Å². The summed E-state index contributed by atoms with van der Waals surface area (Å²) < 4.78 is 26.2. The van der Waals surface area contributed by atoms with Crippen LogP contribution in [0.15, 0.2) is 17.6 Å². The van der Waals surface area contributed by atoms with Crippen molar-refractivity contribution in [2.24, 2.45) is 0 Å². The molecule has 0 aromatic carbocycles. The summed E-state index contributed by atoms with van der Waals surface area (Å²) in [6, 6.07) is 0. The Bertz CT molecular complexity index is 441. The normalized spacial score (nSPS) is 11.3. The molecule has 1 aromatic rings. The standard InChI is InChI=1S/C6H5ClN2O4S/c1-13-14(11,12)6-8-2-4(3-9-6)5(7)10/h2-3H,1H3. The van der Waals surface area contributed by atoms with Crippen molar-refractivity contribution in [3.05, 3.63) is 18.0 Å². The first kappa shape index (κ1) is 11.0. The summed E-state index contributed by atoms with van der Waals surface area (Å²) in [4.78, 5) is 17.4. The van der Waals surface area contributed by atoms with Crippen molar-refractivity contribution in [2.75, 3.05) is 7.11 Å². The molecule has 0 unspecified atom stereocenters. The first-order valence-electron chi connectivity index (χ1n) is 3.30. The lowest BCUT2D eigenvalue weighted by molar-refractivity contribution is 0.108. The van der Waals surface area contributed by atoms with E-state index in [-0.39, 0.29) is 5.56 Å². The Morgan fingerprint density at radius 1 is 1.43 bits per heavy atom. The van der Waals surface area contributed by atoms with E-state index in [0.717, 1.165) is 19.5 Å². The van der Waals surface area contributed by atoms with Gasteiger partial charge in [-0.3, -0.25) is 8.98 Å². The zero-order valence-electron chi connectivity index (χ0n) is 6.97. The van der Waals surface area contributed by atoms with Gasteiger partial charge in [0.25, 0.3) is 10.4 Å². The van der Waals surface area contributed by atoms with Gasteiger partial charge in [-0.2, -0.15) is 8.42 Å². The van der Waals surface area contributed by atoms with Gasteiger partial charge in [0, 0.05) is 12.4 Å². The second-order valence-corrected chi connectivity index (χ2v) is 4.10. The van der Waals surface area contributed by atoms with Crippen LogP contribution < -0.4 is 0 Å². The SMILES string of the molecule is COS(=O)(=O)c1ncc(C(=O)Cl)cn1. The minimum atomic E-state index is -3.92. The first-order chi connectivity index (χ1) is 6.47. The lowest BCUT2D eigenvalue weighted by atomic mass is 10.4. The van der Waals surface area contributed by atoms with Crippen molar-refractivity contribution in [3.8, 4) is 0 Å². The van der Waals surface area contributed by atoms with E-state index >= 15 is 0 Å². The van der Waals surface area contributed by atoms with Gasteiger partial charge < -0.3 is 0 Å². The summed E-state index contributed by atoms with van der Waals surface area (Å²) in [5, 5.41) is -1.27. The molecule has 0 spiro atoms. The van der Waals surface area contributed by atoms with E-state index in [4.69, 9.17) is 11.6 Å². The van der Waals surface area contributed by atoms with Gasteiger partial charge >= 0.3 is 10.1 Å². The van der Waals surface area contributed by atoms with E-state index < -0.39 is 20.5 Å². The van der Waals surface area contributed by atoms with E-state index in [2.05, 4.69) is 14.2 Å². The molecule has 8 heteroatoms. The summed E-state index contributed by atoms with van der Waals surface area (Å²) in [6.45, 7) is 0. The average molecular weight is 237 g/mol. The van der Waals surface area contributed by atoms with Crippen LogP contribution in [0.25, 0.3) is 0 Å². The fourth-order valence-corrected chi connectivity index (χ4v) is 1.23. The van der Waals surface area contributed by atoms with Crippen molar-refractivity contribution in [3.63, 3.8) is 0 Å². The largest absolute Gasteiger partial charge is 0.332 e. The lowest BCUT2D eigenvalue weighted by Gasteiger charge is -1.98. The minimum absolute atomic E-state index is 0.0155. The highest BCUT2D eigenvalue weighted by atomic mass is 35.5. The van der Waals surface area contributed by atoms with Crippen LogP contribution >= 0.6 is 11.6 Å². The molecule has 0 saturated heterocycles. The maximum Gasteiger partial charge on any atom is 0.332 e. The smallest absolute Gasteiger partial charge is 0.275 e. The maximum atomic E-state index is 11.0. The third-order valence-corrected chi connectivity index (χ3v) is 2.61. The molecular formula is C6H5ClN2O4S. The topological polar surface area (TPSA) is 86.2 Å². The van der Waals surface area contributed by atoms with Crippen LogP contribution in [0.4, 0.5) is 0 Å². The fraction of sp³-hybridized carbons (Fsp3) is 0.167. The average Bonchev–Trinajstić information content (AvgIpc) is 2.18. The molecule has 14 heavy (non-hydrogen) atoms. The van der Waals surface area contributed by atoms with Crippen LogP contribution in [0.2, 0.25) is 0 Å². The summed E-state index contributed by atoms with van der Waals surface area (Å²) in [7, 11) is -2.93. The third kappa shape index (κ3) is 2.25. The maximum absolute atomic E-state index is 11.0. The summed E-state index contributed by atoms with van der Waals surface area (Å²) in [5.74, 6) is 0. The van der Waals surface area contributed by atoms with Gasteiger partial charge in [-0.25, -0.2) is 9.97 Å². The molecule has 0 radical (unpaired) electrons. The summed E-state index contributed by atoms with van der Waals surface area (Å²) in [6.07, 6.45) is 2.02. The van der Waals surface area contributed by atoms with Crippen molar-refractivity contribution in [2.45, 2.75) is 5.16 Å². The molecule has 76 valence electrons. The quantitative estimate of drug-likeness (QED) is 0.423. The van der Waals surface area contributed by atoms with E-state index in [1.54, 1.807) is 0 Å². The summed E-state index contributed by atoms with van der Waals surface area (Å²) in [5.41, 5.74) is 0.0155. The van der Waals surface area contributed by atoms with Gasteiger partial charge in [0.05, 0.1) is 12.7 Å². The molecular weight excluding hydrogens is 232 g/mol. The predicted octanol–water partition coefficient (Wildman–Crippen LogP) is 0.191. The lowest BCUT2D eigenvalue weighted by Crippen LogP contribution is -2.08. The molecule has 1 rings (SSSR count). The van der Waals surface area contributed by atoms with Crippen LogP contribution in [0.1, 0.15) is 10.4 Å².